The predicted octanol–water partition coefficient (Wildman–Crippen LogP) is 8.89. The van der Waals surface area contributed by atoms with Gasteiger partial charge in [0, 0.05) is 22.5 Å². The number of anilines is 2. The van der Waals surface area contributed by atoms with E-state index >= 15 is 0 Å². The first kappa shape index (κ1) is 43.1. The first-order valence-electron chi connectivity index (χ1n) is 16.1. The van der Waals surface area contributed by atoms with Crippen LogP contribution in [0.3, 0.4) is 0 Å². The van der Waals surface area contributed by atoms with E-state index in [1.165, 1.54) is 55.6 Å². The molecule has 6 rings (SSSR count). The Morgan fingerprint density at radius 2 is 0.862 bits per heavy atom. The maximum absolute atomic E-state index is 13.2. The number of hydrogen-bond acceptors (Lipinski definition) is 7. The van der Waals surface area contributed by atoms with E-state index in [9.17, 15) is 56.3 Å². The van der Waals surface area contributed by atoms with Gasteiger partial charge in [0.25, 0.3) is 0 Å². The van der Waals surface area contributed by atoms with Gasteiger partial charge in [0.05, 0.1) is 47.9 Å². The van der Waals surface area contributed by atoms with Crippen LogP contribution in [-0.4, -0.2) is 56.0 Å². The molecule has 0 fully saturated rings. The molecule has 22 heteroatoms. The Morgan fingerprint density at radius 1 is 0.517 bits per heavy atom. The molecule has 2 heterocycles. The van der Waals surface area contributed by atoms with E-state index < -0.39 is 55.5 Å². The summed E-state index contributed by atoms with van der Waals surface area (Å²) in [6.07, 6.45) is -12.0. The highest BCUT2D eigenvalue weighted by molar-refractivity contribution is 7.92. The molecule has 0 aliphatic heterocycles. The number of rotatable bonds is 9. The monoisotopic (exact) mass is 860 g/mol. The Morgan fingerprint density at radius 3 is 1.16 bits per heavy atom. The minimum absolute atomic E-state index is 0.0835. The smallest absolute Gasteiger partial charge is 0.435 e. The first-order valence-corrected chi connectivity index (χ1v) is 19.9. The van der Waals surface area contributed by atoms with Crippen LogP contribution in [-0.2, 0) is 38.6 Å². The zero-order valence-corrected chi connectivity index (χ0v) is 31.6. The first-order chi connectivity index (χ1) is 26.8. The summed E-state index contributed by atoms with van der Waals surface area (Å²) in [6, 6.07) is 23.0. The van der Waals surface area contributed by atoms with Crippen molar-refractivity contribution in [1.29, 1.82) is 0 Å². The SMILES string of the molecule is COc1ccc(-c2cc(C(F)(F)F)nn2-c2ccc(NS(C)(=O)=O)cc2)cc1.CS(=O)(=O)Nc1ccc(-n2nc(C(F)(F)F)cc2-c2ccc(C(F)(F)F)cc2)cc1. The maximum atomic E-state index is 13.2. The van der Waals surface area contributed by atoms with Crippen LogP contribution in [0.1, 0.15) is 17.0 Å². The lowest BCUT2D eigenvalue weighted by Gasteiger charge is -2.11. The third-order valence-corrected chi connectivity index (χ3v) is 8.94. The minimum atomic E-state index is -4.77. The molecule has 2 N–H and O–H groups in total. The van der Waals surface area contributed by atoms with Gasteiger partial charge in [-0.05, 0) is 97.1 Å². The van der Waals surface area contributed by atoms with Crippen molar-refractivity contribution in [3.63, 3.8) is 0 Å². The molecule has 0 atom stereocenters. The highest BCUT2D eigenvalue weighted by Crippen LogP contribution is 2.36. The molecule has 2 aromatic heterocycles. The minimum Gasteiger partial charge on any atom is -0.497 e. The number of halogens is 9. The van der Waals surface area contributed by atoms with Gasteiger partial charge >= 0.3 is 18.5 Å². The molecule has 0 unspecified atom stereocenters. The fourth-order valence-electron chi connectivity index (χ4n) is 5.21. The predicted molar refractivity (Wildman–Crippen MR) is 196 cm³/mol. The quantitative estimate of drug-likeness (QED) is 0.139. The normalized spacial score (nSPS) is 12.4. The van der Waals surface area contributed by atoms with Gasteiger partial charge in [-0.15, -0.1) is 0 Å². The lowest BCUT2D eigenvalue weighted by molar-refractivity contribution is -0.142. The Labute approximate surface area is 324 Å². The second-order valence-electron chi connectivity index (χ2n) is 12.3. The highest BCUT2D eigenvalue weighted by Gasteiger charge is 2.37. The molecule has 0 aliphatic rings. The van der Waals surface area contributed by atoms with Crippen LogP contribution in [0.2, 0.25) is 0 Å². The van der Waals surface area contributed by atoms with Crippen molar-refractivity contribution in [2.24, 2.45) is 0 Å². The average Bonchev–Trinajstić information content (AvgIpc) is 3.78. The summed E-state index contributed by atoms with van der Waals surface area (Å²) in [7, 11) is -5.52. The van der Waals surface area contributed by atoms with Crippen LogP contribution >= 0.6 is 0 Å². The molecule has 6 aromatic rings. The van der Waals surface area contributed by atoms with Crippen molar-refractivity contribution in [3.05, 3.63) is 126 Å². The molecule has 0 saturated carbocycles. The second kappa shape index (κ2) is 16.1. The number of methoxy groups -OCH3 is 1. The molecule has 11 nitrogen and oxygen atoms in total. The average molecular weight is 861 g/mol. The fraction of sp³-hybridized carbons (Fsp3) is 0.167. The van der Waals surface area contributed by atoms with Crippen molar-refractivity contribution in [2.45, 2.75) is 18.5 Å². The lowest BCUT2D eigenvalue weighted by Crippen LogP contribution is -2.10. The van der Waals surface area contributed by atoms with Crippen molar-refractivity contribution in [2.75, 3.05) is 29.1 Å². The van der Waals surface area contributed by atoms with E-state index in [4.69, 9.17) is 4.74 Å². The van der Waals surface area contributed by atoms with E-state index in [1.54, 1.807) is 24.3 Å². The topological polar surface area (TPSA) is 137 Å². The molecule has 0 bridgehead atoms. The summed E-state index contributed by atoms with van der Waals surface area (Å²) in [5.41, 5.74) is -1.47. The molecular weight excluding hydrogens is 832 g/mol. The van der Waals surface area contributed by atoms with Crippen molar-refractivity contribution >= 4 is 31.4 Å². The standard InChI is InChI=1S/C18H13F6N3O2S.C18H16F3N3O3S/c1-30(28,29)26-13-6-8-14(9-7-13)27-15(10-16(25-27)18(22,23)24)11-2-4-12(5-3-11)17(19,20)21;1-27-15-9-3-12(4-10-15)16-11-17(18(19,20)21)22-24(16)14-7-5-13(6-8-14)23-28(2,25)26/h2-10,26H,1H3;3-11,23H,1-2H3. The summed E-state index contributed by atoms with van der Waals surface area (Å²) >= 11 is 0. The van der Waals surface area contributed by atoms with Gasteiger partial charge in [0.1, 0.15) is 5.75 Å². The molecule has 58 heavy (non-hydrogen) atoms. The van der Waals surface area contributed by atoms with E-state index in [-0.39, 0.29) is 28.3 Å². The Hall–Kier alpha value is -6.03. The Kier molecular flexibility index (Phi) is 11.9. The van der Waals surface area contributed by atoms with Crippen LogP contribution in [0.25, 0.3) is 33.9 Å². The van der Waals surface area contributed by atoms with Gasteiger partial charge in [0.15, 0.2) is 11.4 Å². The third kappa shape index (κ3) is 11.1. The number of alkyl halides is 9. The largest absolute Gasteiger partial charge is 0.497 e. The molecule has 308 valence electrons. The van der Waals surface area contributed by atoms with Crippen LogP contribution in [0, 0.1) is 0 Å². The Bertz CT molecular complexity index is 2590. The number of ether oxygens (including phenoxy) is 1. The van der Waals surface area contributed by atoms with Crippen molar-refractivity contribution in [3.8, 4) is 39.6 Å². The van der Waals surface area contributed by atoms with Crippen molar-refractivity contribution < 1.29 is 61.1 Å². The van der Waals surface area contributed by atoms with Crippen molar-refractivity contribution in [1.82, 2.24) is 19.6 Å². The van der Waals surface area contributed by atoms with E-state index in [0.29, 0.717) is 22.7 Å². The maximum Gasteiger partial charge on any atom is 0.435 e. The number of nitrogens with zero attached hydrogens (tertiary/aromatic N) is 4. The molecule has 4 aromatic carbocycles. The molecule has 0 aliphatic carbocycles. The number of nitrogens with one attached hydrogen (secondary N) is 2. The van der Waals surface area contributed by atoms with Gasteiger partial charge in [-0.1, -0.05) is 12.1 Å². The van der Waals surface area contributed by atoms with E-state index in [2.05, 4.69) is 19.6 Å². The molecule has 0 saturated heterocycles. The zero-order valence-electron chi connectivity index (χ0n) is 29.9. The van der Waals surface area contributed by atoms with Gasteiger partial charge in [-0.3, -0.25) is 9.44 Å². The third-order valence-electron chi connectivity index (χ3n) is 7.72. The summed E-state index contributed by atoms with van der Waals surface area (Å²) in [5, 5.41) is 7.23. The second-order valence-corrected chi connectivity index (χ2v) is 15.8. The molecule has 0 radical (unpaired) electrons. The summed E-state index contributed by atoms with van der Waals surface area (Å²) in [5.74, 6) is 0.571. The van der Waals surface area contributed by atoms with Crippen LogP contribution < -0.4 is 14.2 Å². The van der Waals surface area contributed by atoms with Gasteiger partial charge in [-0.2, -0.15) is 49.7 Å². The fourth-order valence-corrected chi connectivity index (χ4v) is 6.33. The number of sulfonamides is 2. The van der Waals surface area contributed by atoms with Gasteiger partial charge in [-0.25, -0.2) is 26.2 Å². The molecular formula is C36H29F9N6O5S2. The highest BCUT2D eigenvalue weighted by atomic mass is 32.2. The zero-order chi connectivity index (χ0) is 42.8. The molecule has 0 spiro atoms. The molecule has 0 amide bonds. The number of aromatic nitrogens is 4. The van der Waals surface area contributed by atoms with Crippen LogP contribution in [0.5, 0.6) is 5.75 Å². The number of benzene rings is 4. The Balaban J connectivity index is 0.000000221. The van der Waals surface area contributed by atoms with Crippen LogP contribution in [0.15, 0.2) is 109 Å². The van der Waals surface area contributed by atoms with E-state index in [1.807, 2.05) is 0 Å². The van der Waals surface area contributed by atoms with Crippen LogP contribution in [0.4, 0.5) is 50.9 Å². The lowest BCUT2D eigenvalue weighted by atomic mass is 10.1. The summed E-state index contributed by atoms with van der Waals surface area (Å²) in [6.45, 7) is 0. The summed E-state index contributed by atoms with van der Waals surface area (Å²) in [4.78, 5) is 0. The van der Waals surface area contributed by atoms with Gasteiger partial charge < -0.3 is 4.74 Å². The summed E-state index contributed by atoms with van der Waals surface area (Å²) < 4.78 is 174. The number of hydrogen-bond donors (Lipinski definition) is 2. The van der Waals surface area contributed by atoms with Gasteiger partial charge in [0.2, 0.25) is 20.0 Å². The van der Waals surface area contributed by atoms with E-state index in [0.717, 1.165) is 58.3 Å².